The highest BCUT2D eigenvalue weighted by molar-refractivity contribution is 6.31. The number of ether oxygens (including phenoxy) is 3. The number of rotatable bonds is 12. The van der Waals surface area contributed by atoms with Crippen LogP contribution in [0.5, 0.6) is 11.5 Å². The maximum Gasteiger partial charge on any atom is 0.256 e. The van der Waals surface area contributed by atoms with Gasteiger partial charge in [0.05, 0.1) is 5.57 Å². The SMILES string of the molecule is COCOc1ccc(/C(=C(/C(=O)Nc2ccc(OCCN(C)C)cc2)c2ccccc2)C2CC2)cc1. The number of benzene rings is 3. The summed E-state index contributed by atoms with van der Waals surface area (Å²) in [4.78, 5) is 15.8. The van der Waals surface area contributed by atoms with E-state index in [0.717, 1.165) is 53.3 Å². The molecule has 0 spiro atoms. The lowest BCUT2D eigenvalue weighted by Gasteiger charge is -2.17. The van der Waals surface area contributed by atoms with Crippen LogP contribution >= 0.6 is 0 Å². The summed E-state index contributed by atoms with van der Waals surface area (Å²) in [5.74, 6) is 1.74. The zero-order chi connectivity index (χ0) is 25.3. The maximum absolute atomic E-state index is 13.8. The van der Waals surface area contributed by atoms with Crippen LogP contribution in [-0.2, 0) is 9.53 Å². The van der Waals surface area contributed by atoms with Crippen molar-refractivity contribution in [1.29, 1.82) is 0 Å². The predicted octanol–water partition coefficient (Wildman–Crippen LogP) is 5.57. The number of hydrogen-bond acceptors (Lipinski definition) is 5. The lowest BCUT2D eigenvalue weighted by molar-refractivity contribution is -0.111. The number of allylic oxidation sites excluding steroid dienone is 1. The minimum atomic E-state index is -0.121. The number of carbonyl (C=O) groups excluding carboxylic acids is 1. The van der Waals surface area contributed by atoms with Crippen molar-refractivity contribution in [3.8, 4) is 11.5 Å². The van der Waals surface area contributed by atoms with Gasteiger partial charge in [-0.2, -0.15) is 0 Å². The van der Waals surface area contributed by atoms with E-state index in [2.05, 4.69) is 10.2 Å². The quantitative estimate of drug-likeness (QED) is 0.206. The van der Waals surface area contributed by atoms with E-state index in [4.69, 9.17) is 14.2 Å². The van der Waals surface area contributed by atoms with Gasteiger partial charge < -0.3 is 24.4 Å². The molecule has 6 nitrogen and oxygen atoms in total. The highest BCUT2D eigenvalue weighted by Crippen LogP contribution is 2.46. The molecule has 1 saturated carbocycles. The van der Waals surface area contributed by atoms with Gasteiger partial charge in [0.1, 0.15) is 18.1 Å². The molecule has 1 amide bonds. The van der Waals surface area contributed by atoms with E-state index < -0.39 is 0 Å². The Balaban J connectivity index is 1.61. The second-order valence-corrected chi connectivity index (χ2v) is 9.13. The Labute approximate surface area is 213 Å². The number of carbonyl (C=O) groups is 1. The van der Waals surface area contributed by atoms with Gasteiger partial charge in [-0.15, -0.1) is 0 Å². The second-order valence-electron chi connectivity index (χ2n) is 9.13. The van der Waals surface area contributed by atoms with E-state index in [1.54, 1.807) is 7.11 Å². The highest BCUT2D eigenvalue weighted by atomic mass is 16.7. The van der Waals surface area contributed by atoms with Crippen molar-refractivity contribution >= 4 is 22.7 Å². The molecule has 0 aromatic heterocycles. The molecule has 188 valence electrons. The van der Waals surface area contributed by atoms with E-state index in [1.165, 1.54) is 0 Å². The molecule has 3 aromatic carbocycles. The summed E-state index contributed by atoms with van der Waals surface area (Å²) in [6, 6.07) is 25.3. The minimum absolute atomic E-state index is 0.121. The first-order valence-electron chi connectivity index (χ1n) is 12.3. The Kier molecular flexibility index (Phi) is 8.76. The number of anilines is 1. The largest absolute Gasteiger partial charge is 0.492 e. The summed E-state index contributed by atoms with van der Waals surface area (Å²) >= 11 is 0. The van der Waals surface area contributed by atoms with Crippen molar-refractivity contribution in [3.63, 3.8) is 0 Å². The van der Waals surface area contributed by atoms with Crippen LogP contribution in [0, 0.1) is 5.92 Å². The predicted molar refractivity (Wildman–Crippen MR) is 144 cm³/mol. The van der Waals surface area contributed by atoms with Gasteiger partial charge in [-0.25, -0.2) is 0 Å². The van der Waals surface area contributed by atoms with Crippen molar-refractivity contribution in [2.75, 3.05) is 46.5 Å². The third-order valence-electron chi connectivity index (χ3n) is 5.97. The van der Waals surface area contributed by atoms with Crippen LogP contribution in [0.3, 0.4) is 0 Å². The first kappa shape index (κ1) is 25.5. The highest BCUT2D eigenvalue weighted by Gasteiger charge is 2.32. The fraction of sp³-hybridized carbons (Fsp3) is 0.300. The first-order chi connectivity index (χ1) is 17.5. The van der Waals surface area contributed by atoms with E-state index in [0.29, 0.717) is 18.1 Å². The zero-order valence-electron chi connectivity index (χ0n) is 21.2. The lowest BCUT2D eigenvalue weighted by atomic mass is 9.90. The molecular formula is C30H34N2O4. The van der Waals surface area contributed by atoms with Gasteiger partial charge in [-0.3, -0.25) is 4.79 Å². The van der Waals surface area contributed by atoms with Gasteiger partial charge >= 0.3 is 0 Å². The Bertz CT molecular complexity index is 1150. The molecule has 0 radical (unpaired) electrons. The molecule has 0 unspecified atom stereocenters. The summed E-state index contributed by atoms with van der Waals surface area (Å²) in [6.07, 6.45) is 2.14. The first-order valence-corrected chi connectivity index (χ1v) is 12.3. The third kappa shape index (κ3) is 6.97. The summed E-state index contributed by atoms with van der Waals surface area (Å²) in [6.45, 7) is 1.65. The van der Waals surface area contributed by atoms with Crippen LogP contribution in [0.15, 0.2) is 78.9 Å². The van der Waals surface area contributed by atoms with E-state index in [1.807, 2.05) is 93.0 Å². The molecule has 1 fully saturated rings. The Hall–Kier alpha value is -3.61. The van der Waals surface area contributed by atoms with E-state index >= 15 is 0 Å². The summed E-state index contributed by atoms with van der Waals surface area (Å²) in [5, 5.41) is 3.11. The molecule has 4 rings (SSSR count). The normalized spacial score (nSPS) is 13.8. The number of amides is 1. The number of nitrogens with zero attached hydrogens (tertiary/aromatic N) is 1. The zero-order valence-corrected chi connectivity index (χ0v) is 21.2. The van der Waals surface area contributed by atoms with Crippen molar-refractivity contribution in [1.82, 2.24) is 4.90 Å². The van der Waals surface area contributed by atoms with Gasteiger partial charge in [0.25, 0.3) is 5.91 Å². The Morgan fingerprint density at radius 1 is 0.861 bits per heavy atom. The van der Waals surface area contributed by atoms with Gasteiger partial charge in [-0.05, 0) is 86.0 Å². The molecule has 0 saturated heterocycles. The van der Waals surface area contributed by atoms with Crippen LogP contribution in [0.2, 0.25) is 0 Å². The van der Waals surface area contributed by atoms with Crippen LogP contribution in [0.25, 0.3) is 11.1 Å². The van der Waals surface area contributed by atoms with Crippen molar-refractivity contribution < 1.29 is 19.0 Å². The summed E-state index contributed by atoms with van der Waals surface area (Å²) in [7, 11) is 5.62. The fourth-order valence-corrected chi connectivity index (χ4v) is 4.00. The third-order valence-corrected chi connectivity index (χ3v) is 5.97. The average molecular weight is 487 g/mol. The average Bonchev–Trinajstić information content (AvgIpc) is 3.73. The van der Waals surface area contributed by atoms with Crippen molar-refractivity contribution in [2.24, 2.45) is 5.92 Å². The Morgan fingerprint density at radius 2 is 1.50 bits per heavy atom. The van der Waals surface area contributed by atoms with Crippen molar-refractivity contribution in [2.45, 2.75) is 12.8 Å². The molecule has 6 heteroatoms. The standard InChI is InChI=1S/C30H34N2O4/c1-32(2)19-20-35-26-17-13-25(14-18-26)31-30(33)29(22-7-5-4-6-8-22)28(23-9-10-23)24-11-15-27(16-12-24)36-21-34-3/h4-8,11-18,23H,9-10,19-21H2,1-3H3,(H,31,33)/b29-28+. The molecule has 0 heterocycles. The van der Waals surface area contributed by atoms with Crippen LogP contribution in [-0.4, -0.2) is 52.0 Å². The number of hydrogen-bond donors (Lipinski definition) is 1. The van der Waals surface area contributed by atoms with Crippen molar-refractivity contribution in [3.05, 3.63) is 90.0 Å². The Morgan fingerprint density at radius 3 is 2.11 bits per heavy atom. The molecule has 36 heavy (non-hydrogen) atoms. The summed E-state index contributed by atoms with van der Waals surface area (Å²) < 4.78 is 16.3. The monoisotopic (exact) mass is 486 g/mol. The molecule has 1 aliphatic carbocycles. The molecular weight excluding hydrogens is 452 g/mol. The molecule has 0 aliphatic heterocycles. The van der Waals surface area contributed by atoms with Crippen LogP contribution in [0.4, 0.5) is 5.69 Å². The second kappa shape index (κ2) is 12.4. The number of methoxy groups -OCH3 is 1. The minimum Gasteiger partial charge on any atom is -0.492 e. The number of nitrogens with one attached hydrogen (secondary N) is 1. The van der Waals surface area contributed by atoms with Crippen LogP contribution in [0.1, 0.15) is 24.0 Å². The van der Waals surface area contributed by atoms with Gasteiger partial charge in [0, 0.05) is 19.3 Å². The maximum atomic E-state index is 13.8. The lowest BCUT2D eigenvalue weighted by Crippen LogP contribution is -2.19. The molecule has 0 atom stereocenters. The van der Waals surface area contributed by atoms with E-state index in [9.17, 15) is 4.79 Å². The van der Waals surface area contributed by atoms with Gasteiger partial charge in [-0.1, -0.05) is 42.5 Å². The topological polar surface area (TPSA) is 60.0 Å². The van der Waals surface area contributed by atoms with Crippen LogP contribution < -0.4 is 14.8 Å². The molecule has 1 aliphatic rings. The fourth-order valence-electron chi connectivity index (χ4n) is 4.00. The molecule has 3 aromatic rings. The molecule has 0 bridgehead atoms. The summed E-state index contributed by atoms with van der Waals surface area (Å²) in [5.41, 5.74) is 4.43. The van der Waals surface area contributed by atoms with Gasteiger partial charge in [0.15, 0.2) is 6.79 Å². The smallest absolute Gasteiger partial charge is 0.256 e. The molecule has 1 N–H and O–H groups in total. The van der Waals surface area contributed by atoms with E-state index in [-0.39, 0.29) is 12.7 Å². The van der Waals surface area contributed by atoms with Gasteiger partial charge in [0.2, 0.25) is 0 Å². The number of likely N-dealkylation sites (N-methyl/N-ethyl adjacent to an activating group) is 1.